The fourth-order valence-electron chi connectivity index (χ4n) is 3.28. The first-order valence-corrected chi connectivity index (χ1v) is 11.5. The molecule has 2 rings (SSSR count). The highest BCUT2D eigenvalue weighted by Crippen LogP contribution is 2.19. The molecule has 166 valence electrons. The minimum Gasteiger partial charge on any atom is -0.310 e. The normalized spacial score (nSPS) is 11.2. The molecular weight excluding hydrogens is 382 g/mol. The van der Waals surface area contributed by atoms with Crippen molar-refractivity contribution in [2.45, 2.75) is 79.6 Å². The molecule has 1 N–H and O–H groups in total. The van der Waals surface area contributed by atoms with Crippen LogP contribution in [0.5, 0.6) is 0 Å². The highest BCUT2D eigenvalue weighted by atomic mass is 16.1. The number of aromatic nitrogens is 2. The van der Waals surface area contributed by atoms with E-state index in [2.05, 4.69) is 47.2 Å². The molecule has 0 radical (unpaired) electrons. The second-order valence-electron chi connectivity index (χ2n) is 7.14. The average Bonchev–Trinajstić information content (AvgIpc) is 2.81. The number of hydrogen-bond acceptors (Lipinski definition) is 3. The molecule has 2 aromatic rings. The van der Waals surface area contributed by atoms with E-state index in [1.54, 1.807) is 0 Å². The molecule has 0 unspecified atom stereocenters. The minimum absolute atomic E-state index is 0.00478. The van der Waals surface area contributed by atoms with Crippen LogP contribution in [0.25, 0.3) is 5.57 Å². The van der Waals surface area contributed by atoms with Gasteiger partial charge in [0.25, 0.3) is 5.56 Å². The number of nitrogens with one attached hydrogen (secondary N) is 1. The first kappa shape index (κ1) is 26.1. The van der Waals surface area contributed by atoms with Gasteiger partial charge in [-0.2, -0.15) is 5.26 Å². The predicted molar refractivity (Wildman–Crippen MR) is 131 cm³/mol. The van der Waals surface area contributed by atoms with E-state index >= 15 is 0 Å². The van der Waals surface area contributed by atoms with E-state index in [4.69, 9.17) is 5.26 Å². The molecule has 0 atom stereocenters. The molecule has 0 bridgehead atoms. The minimum atomic E-state index is 0.00478. The van der Waals surface area contributed by atoms with Crippen LogP contribution in [0.1, 0.15) is 82.1 Å². The van der Waals surface area contributed by atoms with Gasteiger partial charge in [0, 0.05) is 12.0 Å². The molecule has 0 amide bonds. The quantitative estimate of drug-likeness (QED) is 0.456. The van der Waals surface area contributed by atoms with Gasteiger partial charge >= 0.3 is 0 Å². The summed E-state index contributed by atoms with van der Waals surface area (Å²) in [5.74, 6) is 0.771. The Morgan fingerprint density at radius 2 is 1.84 bits per heavy atom. The fraction of sp³-hybridized carbons (Fsp3) is 0.444. The van der Waals surface area contributed by atoms with Crippen molar-refractivity contribution in [1.82, 2.24) is 9.97 Å². The van der Waals surface area contributed by atoms with Crippen molar-refractivity contribution in [2.24, 2.45) is 0 Å². The highest BCUT2D eigenvalue weighted by Gasteiger charge is 2.11. The van der Waals surface area contributed by atoms with E-state index in [1.165, 1.54) is 5.56 Å². The Balaban J connectivity index is 0.00000233. The number of aromatic amines is 1. The topological polar surface area (TPSA) is 69.5 Å². The van der Waals surface area contributed by atoms with Gasteiger partial charge < -0.3 is 4.98 Å². The van der Waals surface area contributed by atoms with Gasteiger partial charge in [0.05, 0.1) is 18.2 Å². The predicted octanol–water partition coefficient (Wildman–Crippen LogP) is 6.36. The number of rotatable bonds is 10. The Morgan fingerprint density at radius 3 is 2.42 bits per heavy atom. The van der Waals surface area contributed by atoms with Gasteiger partial charge in [0.2, 0.25) is 0 Å². The van der Waals surface area contributed by atoms with Crippen LogP contribution in [0.2, 0.25) is 0 Å². The molecule has 0 aliphatic carbocycles. The SMILES string of the molecule is C/C=C\C=C(/CC#N)c1ccc(CCc2c(CCCC)nc(CC)[nH]c2=O)cc1.CC. The number of hydrogen-bond donors (Lipinski definition) is 1. The summed E-state index contributed by atoms with van der Waals surface area (Å²) in [4.78, 5) is 20.2. The van der Waals surface area contributed by atoms with Gasteiger partial charge in [-0.15, -0.1) is 0 Å². The Hall–Kier alpha value is -2.93. The summed E-state index contributed by atoms with van der Waals surface area (Å²) >= 11 is 0. The number of H-pyrrole nitrogens is 1. The van der Waals surface area contributed by atoms with E-state index in [0.717, 1.165) is 60.3 Å². The van der Waals surface area contributed by atoms with Crippen molar-refractivity contribution >= 4 is 5.57 Å². The summed E-state index contributed by atoms with van der Waals surface area (Å²) in [5, 5.41) is 9.06. The zero-order valence-electron chi connectivity index (χ0n) is 19.8. The second-order valence-corrected chi connectivity index (χ2v) is 7.14. The van der Waals surface area contributed by atoms with Crippen molar-refractivity contribution in [3.8, 4) is 6.07 Å². The number of nitrogens with zero attached hydrogens (tertiary/aromatic N) is 2. The molecule has 0 spiro atoms. The van der Waals surface area contributed by atoms with Gasteiger partial charge in [-0.25, -0.2) is 4.98 Å². The largest absolute Gasteiger partial charge is 0.310 e. The number of unbranched alkanes of at least 4 members (excludes halogenated alkanes) is 1. The van der Waals surface area contributed by atoms with Crippen molar-refractivity contribution in [3.63, 3.8) is 0 Å². The van der Waals surface area contributed by atoms with Crippen molar-refractivity contribution in [1.29, 1.82) is 5.26 Å². The molecule has 0 saturated carbocycles. The molecule has 0 aliphatic heterocycles. The van der Waals surface area contributed by atoms with E-state index < -0.39 is 0 Å². The van der Waals surface area contributed by atoms with E-state index in [9.17, 15) is 4.79 Å². The van der Waals surface area contributed by atoms with E-state index in [1.807, 2.05) is 45.9 Å². The Labute approximate surface area is 187 Å². The first-order chi connectivity index (χ1) is 15.1. The van der Waals surface area contributed by atoms with Gasteiger partial charge in [-0.3, -0.25) is 4.79 Å². The summed E-state index contributed by atoms with van der Waals surface area (Å²) in [6.45, 7) is 10.1. The zero-order valence-corrected chi connectivity index (χ0v) is 19.8. The van der Waals surface area contributed by atoms with Gasteiger partial charge in [0.15, 0.2) is 0 Å². The summed E-state index contributed by atoms with van der Waals surface area (Å²) in [6, 6.07) is 10.5. The van der Waals surface area contributed by atoms with Gasteiger partial charge in [-0.1, -0.05) is 76.6 Å². The summed E-state index contributed by atoms with van der Waals surface area (Å²) in [7, 11) is 0. The first-order valence-electron chi connectivity index (χ1n) is 11.5. The lowest BCUT2D eigenvalue weighted by Crippen LogP contribution is -2.21. The molecule has 1 aromatic carbocycles. The van der Waals surface area contributed by atoms with Crippen LogP contribution >= 0.6 is 0 Å². The molecule has 4 nitrogen and oxygen atoms in total. The Morgan fingerprint density at radius 1 is 1.13 bits per heavy atom. The second kappa shape index (κ2) is 15.0. The third-order valence-corrected chi connectivity index (χ3v) is 5.00. The van der Waals surface area contributed by atoms with Crippen LogP contribution < -0.4 is 5.56 Å². The van der Waals surface area contributed by atoms with Crippen LogP contribution in [0.15, 0.2) is 47.3 Å². The van der Waals surface area contributed by atoms with Crippen LogP contribution in [-0.4, -0.2) is 9.97 Å². The number of aryl methyl sites for hydroxylation is 3. The summed E-state index contributed by atoms with van der Waals surface area (Å²) in [6.07, 6.45) is 11.5. The maximum Gasteiger partial charge on any atom is 0.254 e. The van der Waals surface area contributed by atoms with Crippen LogP contribution in [-0.2, 0) is 25.7 Å². The lowest BCUT2D eigenvalue weighted by molar-refractivity contribution is 0.735. The fourth-order valence-corrected chi connectivity index (χ4v) is 3.28. The van der Waals surface area contributed by atoms with E-state index in [0.29, 0.717) is 12.8 Å². The molecule has 0 fully saturated rings. The van der Waals surface area contributed by atoms with Crippen LogP contribution in [0, 0.1) is 11.3 Å². The molecule has 1 heterocycles. The van der Waals surface area contributed by atoms with Crippen LogP contribution in [0.4, 0.5) is 0 Å². The lowest BCUT2D eigenvalue weighted by atomic mass is 9.98. The highest BCUT2D eigenvalue weighted by molar-refractivity contribution is 5.68. The molecule has 0 saturated heterocycles. The number of nitriles is 1. The average molecular weight is 420 g/mol. The van der Waals surface area contributed by atoms with Crippen molar-refractivity contribution < 1.29 is 0 Å². The van der Waals surface area contributed by atoms with Crippen molar-refractivity contribution in [2.75, 3.05) is 0 Å². The number of benzene rings is 1. The third-order valence-electron chi connectivity index (χ3n) is 5.00. The van der Waals surface area contributed by atoms with Gasteiger partial charge in [-0.05, 0) is 49.3 Å². The van der Waals surface area contributed by atoms with Crippen molar-refractivity contribution in [3.05, 3.63) is 81.1 Å². The molecule has 1 aromatic heterocycles. The monoisotopic (exact) mass is 419 g/mol. The molecule has 0 aliphatic rings. The maximum atomic E-state index is 12.6. The third kappa shape index (κ3) is 8.38. The zero-order chi connectivity index (χ0) is 23.1. The lowest BCUT2D eigenvalue weighted by Gasteiger charge is -2.10. The number of allylic oxidation sites excluding steroid dienone is 4. The van der Waals surface area contributed by atoms with Gasteiger partial charge in [0.1, 0.15) is 5.82 Å². The smallest absolute Gasteiger partial charge is 0.254 e. The standard InChI is InChI=1S/C25H31N3O.C2H6/c1-4-7-9-20(17-18-26)21-14-11-19(12-15-21)13-16-22-23(10-8-5-2)27-24(6-3)28-25(22)29;1-2/h4,7,9,11-12,14-15H,5-6,8,10,13,16-17H2,1-3H3,(H,27,28,29);1-2H3/b7-4-,20-9+;. The van der Waals surface area contributed by atoms with Crippen LogP contribution in [0.3, 0.4) is 0 Å². The Kier molecular flexibility index (Phi) is 12.6. The van der Waals surface area contributed by atoms with E-state index in [-0.39, 0.29) is 5.56 Å². The molecule has 4 heteroatoms. The molecular formula is C27H37N3O. The Bertz CT molecular complexity index is 944. The molecule has 31 heavy (non-hydrogen) atoms. The maximum absolute atomic E-state index is 12.6. The summed E-state index contributed by atoms with van der Waals surface area (Å²) < 4.78 is 0. The summed E-state index contributed by atoms with van der Waals surface area (Å²) in [5.41, 5.74) is 5.02.